The Labute approximate surface area is 108 Å². The first-order chi connectivity index (χ1) is 8.38. The number of nitrogens with one attached hydrogen (secondary N) is 1. The molecule has 1 unspecified atom stereocenters. The van der Waals surface area contributed by atoms with Gasteiger partial charge in [-0.1, -0.05) is 0 Å². The quantitative estimate of drug-likeness (QED) is 0.892. The van der Waals surface area contributed by atoms with E-state index < -0.39 is 5.60 Å². The van der Waals surface area contributed by atoms with Gasteiger partial charge in [-0.2, -0.15) is 0 Å². The Bertz CT molecular complexity index is 402. The minimum atomic E-state index is -0.442. The lowest BCUT2D eigenvalue weighted by molar-refractivity contribution is 0.0153. The van der Waals surface area contributed by atoms with Crippen molar-refractivity contribution in [2.75, 3.05) is 0 Å². The van der Waals surface area contributed by atoms with Crippen molar-refractivity contribution in [3.05, 3.63) is 24.0 Å². The number of ether oxygens (including phenoxy) is 1. The van der Waals surface area contributed by atoms with Crippen molar-refractivity contribution >= 4 is 6.09 Å². The predicted molar refractivity (Wildman–Crippen MR) is 70.3 cm³/mol. The maximum Gasteiger partial charge on any atom is 0.411 e. The van der Waals surface area contributed by atoms with Crippen LogP contribution >= 0.6 is 0 Å². The fraction of sp³-hybridized carbons (Fsp3) is 0.643. The number of aromatic nitrogens is 1. The summed E-state index contributed by atoms with van der Waals surface area (Å²) in [6, 6.07) is 2.40. The van der Waals surface area contributed by atoms with E-state index >= 15 is 0 Å². The molecule has 1 amide bonds. The summed E-state index contributed by atoms with van der Waals surface area (Å²) in [7, 11) is 0. The minimum Gasteiger partial charge on any atom is -0.444 e. The molecule has 1 atom stereocenters. The van der Waals surface area contributed by atoms with E-state index in [4.69, 9.17) is 4.74 Å². The van der Waals surface area contributed by atoms with E-state index in [1.54, 1.807) is 0 Å². The molecule has 0 radical (unpaired) electrons. The van der Waals surface area contributed by atoms with Crippen molar-refractivity contribution < 1.29 is 9.53 Å². The van der Waals surface area contributed by atoms with Crippen LogP contribution < -0.4 is 0 Å². The summed E-state index contributed by atoms with van der Waals surface area (Å²) in [5, 5.41) is 0. The molecule has 100 valence electrons. The number of rotatable bonds is 3. The minimum absolute atomic E-state index is 0.0543. The monoisotopic (exact) mass is 250 g/mol. The molecule has 1 aromatic heterocycles. The number of carbonyl (C=O) groups is 1. The van der Waals surface area contributed by atoms with Crippen LogP contribution in [0.25, 0.3) is 0 Å². The third kappa shape index (κ3) is 3.06. The van der Waals surface area contributed by atoms with Crippen LogP contribution in [0.4, 0.5) is 4.79 Å². The van der Waals surface area contributed by atoms with Crippen LogP contribution in [-0.4, -0.2) is 27.6 Å². The number of hydrogen-bond donors (Lipinski definition) is 1. The Balaban J connectivity index is 2.11. The first kappa shape index (κ1) is 13.0. The van der Waals surface area contributed by atoms with Crippen molar-refractivity contribution in [3.63, 3.8) is 0 Å². The van der Waals surface area contributed by atoms with Gasteiger partial charge in [-0.25, -0.2) is 4.79 Å². The smallest absolute Gasteiger partial charge is 0.411 e. The third-order valence-electron chi connectivity index (χ3n) is 3.07. The zero-order valence-corrected chi connectivity index (χ0v) is 11.6. The van der Waals surface area contributed by atoms with Crippen LogP contribution in [0.1, 0.15) is 52.1 Å². The summed E-state index contributed by atoms with van der Waals surface area (Å²) in [5.41, 5.74) is 0.676. The molecule has 1 saturated carbocycles. The van der Waals surface area contributed by atoms with Crippen molar-refractivity contribution in [2.24, 2.45) is 0 Å². The number of nitrogens with zero attached hydrogens (tertiary/aromatic N) is 1. The largest absolute Gasteiger partial charge is 0.444 e. The van der Waals surface area contributed by atoms with Gasteiger partial charge in [-0.3, -0.25) is 4.90 Å². The van der Waals surface area contributed by atoms with Gasteiger partial charge in [0.2, 0.25) is 0 Å². The molecule has 0 aliphatic heterocycles. The molecule has 1 aliphatic rings. The molecule has 1 fully saturated rings. The highest BCUT2D eigenvalue weighted by molar-refractivity contribution is 5.69. The van der Waals surface area contributed by atoms with Crippen molar-refractivity contribution in [1.82, 2.24) is 9.88 Å². The van der Waals surface area contributed by atoms with E-state index in [9.17, 15) is 4.79 Å². The van der Waals surface area contributed by atoms with Crippen molar-refractivity contribution in [3.8, 4) is 0 Å². The molecule has 0 bridgehead atoms. The van der Waals surface area contributed by atoms with E-state index in [0.717, 1.165) is 18.4 Å². The molecule has 18 heavy (non-hydrogen) atoms. The summed E-state index contributed by atoms with van der Waals surface area (Å²) in [6.07, 6.45) is 5.76. The summed E-state index contributed by atoms with van der Waals surface area (Å²) in [5.74, 6) is 0. The highest BCUT2D eigenvalue weighted by atomic mass is 16.6. The van der Waals surface area contributed by atoms with Crippen LogP contribution in [0.15, 0.2) is 18.5 Å². The predicted octanol–water partition coefficient (Wildman–Crippen LogP) is 3.48. The first-order valence-corrected chi connectivity index (χ1v) is 6.52. The molecular weight excluding hydrogens is 228 g/mol. The fourth-order valence-corrected chi connectivity index (χ4v) is 2.05. The second-order valence-corrected chi connectivity index (χ2v) is 5.94. The van der Waals surface area contributed by atoms with E-state index in [2.05, 4.69) is 4.98 Å². The molecule has 0 aromatic carbocycles. The summed E-state index contributed by atoms with van der Waals surface area (Å²) in [6.45, 7) is 7.75. The van der Waals surface area contributed by atoms with Crippen LogP contribution in [0.2, 0.25) is 0 Å². The zero-order valence-electron chi connectivity index (χ0n) is 11.6. The number of carbonyl (C=O) groups excluding carboxylic acids is 1. The van der Waals surface area contributed by atoms with E-state index in [0.29, 0.717) is 6.04 Å². The average Bonchev–Trinajstić information content (AvgIpc) is 2.91. The van der Waals surface area contributed by atoms with Gasteiger partial charge in [-0.05, 0) is 52.2 Å². The lowest BCUT2D eigenvalue weighted by Crippen LogP contribution is -2.39. The van der Waals surface area contributed by atoms with E-state index in [-0.39, 0.29) is 12.1 Å². The summed E-state index contributed by atoms with van der Waals surface area (Å²) < 4.78 is 5.50. The number of hydrogen-bond acceptors (Lipinski definition) is 2. The highest BCUT2D eigenvalue weighted by Gasteiger charge is 2.38. The topological polar surface area (TPSA) is 45.3 Å². The van der Waals surface area contributed by atoms with Gasteiger partial charge in [0.25, 0.3) is 0 Å². The molecule has 4 heteroatoms. The number of H-pyrrole nitrogens is 1. The third-order valence-corrected chi connectivity index (χ3v) is 3.07. The van der Waals surface area contributed by atoms with Gasteiger partial charge in [0.05, 0.1) is 6.04 Å². The van der Waals surface area contributed by atoms with Crippen LogP contribution in [0.3, 0.4) is 0 Å². The van der Waals surface area contributed by atoms with Crippen LogP contribution in [-0.2, 0) is 4.74 Å². The second-order valence-electron chi connectivity index (χ2n) is 5.94. The Hall–Kier alpha value is -1.45. The van der Waals surface area contributed by atoms with Crippen molar-refractivity contribution in [2.45, 2.75) is 58.2 Å². The summed E-state index contributed by atoms with van der Waals surface area (Å²) >= 11 is 0. The molecule has 0 saturated heterocycles. The van der Waals surface area contributed by atoms with Gasteiger partial charge in [0.1, 0.15) is 5.60 Å². The molecule has 0 spiro atoms. The number of aromatic amines is 1. The van der Waals surface area contributed by atoms with E-state index in [1.165, 1.54) is 0 Å². The molecule has 1 N–H and O–H groups in total. The van der Waals surface area contributed by atoms with Gasteiger partial charge in [0.15, 0.2) is 0 Å². The lowest BCUT2D eigenvalue weighted by atomic mass is 10.1. The molecular formula is C14H22N2O2. The van der Waals surface area contributed by atoms with Gasteiger partial charge < -0.3 is 9.72 Å². The molecule has 2 rings (SSSR count). The van der Waals surface area contributed by atoms with Gasteiger partial charge in [-0.15, -0.1) is 0 Å². The molecule has 4 nitrogen and oxygen atoms in total. The van der Waals surface area contributed by atoms with Gasteiger partial charge >= 0.3 is 6.09 Å². The van der Waals surface area contributed by atoms with Gasteiger partial charge in [0, 0.05) is 18.4 Å². The highest BCUT2D eigenvalue weighted by Crippen LogP contribution is 2.35. The van der Waals surface area contributed by atoms with Crippen LogP contribution in [0, 0.1) is 0 Å². The Kier molecular flexibility index (Phi) is 3.37. The zero-order chi connectivity index (χ0) is 13.3. The Morgan fingerprint density at radius 3 is 2.61 bits per heavy atom. The summed E-state index contributed by atoms with van der Waals surface area (Å²) in [4.78, 5) is 17.2. The maximum atomic E-state index is 12.3. The lowest BCUT2D eigenvalue weighted by Gasteiger charge is -2.31. The molecule has 1 heterocycles. The Morgan fingerprint density at radius 2 is 2.17 bits per heavy atom. The molecule has 1 aliphatic carbocycles. The van der Waals surface area contributed by atoms with Crippen molar-refractivity contribution in [1.29, 1.82) is 0 Å². The van der Waals surface area contributed by atoms with Crippen LogP contribution in [0.5, 0.6) is 0 Å². The standard InChI is InChI=1S/C14H22N2O2/c1-10(11-7-8-15-9-11)16(12-5-6-12)13(17)18-14(2,3)4/h7-10,12,15H,5-6H2,1-4H3. The average molecular weight is 250 g/mol. The molecule has 1 aromatic rings. The normalized spacial score (nSPS) is 17.3. The Morgan fingerprint density at radius 1 is 1.50 bits per heavy atom. The first-order valence-electron chi connectivity index (χ1n) is 6.52. The fourth-order valence-electron chi connectivity index (χ4n) is 2.05. The SMILES string of the molecule is CC(c1cc[nH]c1)N(C(=O)OC(C)(C)C)C1CC1. The number of amides is 1. The second kappa shape index (κ2) is 4.67. The van der Waals surface area contributed by atoms with E-state index in [1.807, 2.05) is 51.1 Å². The maximum absolute atomic E-state index is 12.3.